The molecule has 1 aliphatic carbocycles. The summed E-state index contributed by atoms with van der Waals surface area (Å²) in [5.41, 5.74) is -0.282. The maximum absolute atomic E-state index is 13.3. The number of rotatable bonds is 15. The lowest BCUT2D eigenvalue weighted by Gasteiger charge is -2.35. The number of halogens is 3. The Morgan fingerprint density at radius 1 is 1.11 bits per heavy atom. The van der Waals surface area contributed by atoms with Crippen molar-refractivity contribution in [2.45, 2.75) is 97.0 Å². The zero-order valence-electron chi connectivity index (χ0n) is 26.2. The van der Waals surface area contributed by atoms with Gasteiger partial charge in [0.2, 0.25) is 5.91 Å². The SMILES string of the molecule is CC(=O)OC(CC(C(C)C)N(C)C(=O)CC1CCC1)c1nc(C(=O)N[C@@H](Cc2ccc(C(F)(F)F)cc2)CC(C)C(=O)O)cs1. The van der Waals surface area contributed by atoms with Crippen LogP contribution in [0.5, 0.6) is 0 Å². The molecule has 0 radical (unpaired) electrons. The van der Waals surface area contributed by atoms with Crippen molar-refractivity contribution in [2.24, 2.45) is 17.8 Å². The van der Waals surface area contributed by atoms with Gasteiger partial charge in [-0.3, -0.25) is 19.2 Å². The molecule has 1 fully saturated rings. The molecule has 1 aliphatic rings. The third kappa shape index (κ3) is 10.5. The first-order chi connectivity index (χ1) is 21.0. The van der Waals surface area contributed by atoms with Crippen LogP contribution in [0, 0.1) is 17.8 Å². The second kappa shape index (κ2) is 15.7. The molecule has 2 amide bonds. The number of carboxylic acids is 1. The Morgan fingerprint density at radius 3 is 2.27 bits per heavy atom. The minimum atomic E-state index is -4.49. The first-order valence-corrected chi connectivity index (χ1v) is 16.0. The maximum atomic E-state index is 13.3. The summed E-state index contributed by atoms with van der Waals surface area (Å²) in [5.74, 6) is -2.55. The molecule has 1 aromatic heterocycles. The number of benzene rings is 1. The van der Waals surface area contributed by atoms with Crippen LogP contribution in [0.3, 0.4) is 0 Å². The Bertz CT molecular complexity index is 1330. The van der Waals surface area contributed by atoms with E-state index < -0.39 is 47.6 Å². The molecule has 248 valence electrons. The number of aliphatic carboxylic acids is 1. The van der Waals surface area contributed by atoms with Crippen molar-refractivity contribution in [3.8, 4) is 0 Å². The van der Waals surface area contributed by atoms with E-state index >= 15 is 0 Å². The van der Waals surface area contributed by atoms with Crippen molar-refractivity contribution in [1.29, 1.82) is 0 Å². The molecule has 45 heavy (non-hydrogen) atoms. The molecule has 9 nitrogen and oxygen atoms in total. The molecular formula is C32H42F3N3O6S. The highest BCUT2D eigenvalue weighted by Crippen LogP contribution is 2.33. The molecule has 0 spiro atoms. The third-order valence-corrected chi connectivity index (χ3v) is 9.24. The quantitative estimate of drug-likeness (QED) is 0.217. The third-order valence-electron chi connectivity index (χ3n) is 8.30. The standard InChI is InChI=1S/C32H42F3N3O6S/c1-18(2)26(38(5)28(40)15-21-7-6-8-21)16-27(44-20(4)39)30-37-25(17-45-30)29(41)36-24(13-19(3)31(42)43)14-22-9-11-23(12-10-22)32(33,34)35/h9-12,17-19,21,24,26-27H,6-8,13-16H2,1-5H3,(H,36,41)(H,42,43)/t19?,24-,26?,27?/m1/s1. The lowest BCUT2D eigenvalue weighted by Crippen LogP contribution is -2.42. The Kier molecular flexibility index (Phi) is 12.5. The first kappa shape index (κ1) is 36.0. The van der Waals surface area contributed by atoms with Gasteiger partial charge in [0.05, 0.1) is 11.5 Å². The number of thiazole rings is 1. The fraction of sp³-hybridized carbons (Fsp3) is 0.594. The molecule has 1 saturated carbocycles. The molecule has 3 rings (SSSR count). The number of aromatic nitrogens is 1. The first-order valence-electron chi connectivity index (χ1n) is 15.1. The highest BCUT2D eigenvalue weighted by molar-refractivity contribution is 7.09. The van der Waals surface area contributed by atoms with E-state index in [1.165, 1.54) is 31.4 Å². The van der Waals surface area contributed by atoms with E-state index in [-0.39, 0.29) is 42.8 Å². The second-order valence-corrected chi connectivity index (χ2v) is 13.2. The molecule has 3 unspecified atom stereocenters. The molecule has 13 heteroatoms. The maximum Gasteiger partial charge on any atom is 0.416 e. The summed E-state index contributed by atoms with van der Waals surface area (Å²) in [7, 11) is 1.76. The van der Waals surface area contributed by atoms with Crippen molar-refractivity contribution in [3.05, 3.63) is 51.5 Å². The molecule has 1 aromatic carbocycles. The van der Waals surface area contributed by atoms with E-state index in [4.69, 9.17) is 4.74 Å². The van der Waals surface area contributed by atoms with Gasteiger partial charge in [0.25, 0.3) is 5.91 Å². The fourth-order valence-corrected chi connectivity index (χ4v) is 6.24. The van der Waals surface area contributed by atoms with Crippen molar-refractivity contribution in [1.82, 2.24) is 15.2 Å². The number of carbonyl (C=O) groups is 4. The lowest BCUT2D eigenvalue weighted by molar-refractivity contribution is -0.148. The summed E-state index contributed by atoms with van der Waals surface area (Å²) in [5, 5.41) is 14.1. The summed E-state index contributed by atoms with van der Waals surface area (Å²) in [6.45, 7) is 6.73. The number of hydrogen-bond donors (Lipinski definition) is 2. The number of hydrogen-bond acceptors (Lipinski definition) is 7. The van der Waals surface area contributed by atoms with Crippen molar-refractivity contribution >= 4 is 35.1 Å². The topological polar surface area (TPSA) is 126 Å². The number of esters is 1. The van der Waals surface area contributed by atoms with Crippen LogP contribution in [-0.4, -0.2) is 57.9 Å². The normalized spacial score (nSPS) is 16.3. The van der Waals surface area contributed by atoms with Crippen molar-refractivity contribution in [3.63, 3.8) is 0 Å². The molecule has 2 aromatic rings. The van der Waals surface area contributed by atoms with Crippen LogP contribution in [0.25, 0.3) is 0 Å². The highest BCUT2D eigenvalue weighted by Gasteiger charge is 2.33. The highest BCUT2D eigenvalue weighted by atomic mass is 32.1. The van der Waals surface area contributed by atoms with Crippen LogP contribution >= 0.6 is 11.3 Å². The van der Waals surface area contributed by atoms with Gasteiger partial charge in [-0.1, -0.05) is 39.3 Å². The van der Waals surface area contributed by atoms with E-state index in [1.807, 2.05) is 13.8 Å². The van der Waals surface area contributed by atoms with Crippen LogP contribution in [0.15, 0.2) is 29.6 Å². The van der Waals surface area contributed by atoms with Gasteiger partial charge in [-0.05, 0) is 55.2 Å². The fourth-order valence-electron chi connectivity index (χ4n) is 5.40. The number of carbonyl (C=O) groups excluding carboxylic acids is 3. The number of nitrogens with zero attached hydrogens (tertiary/aromatic N) is 2. The van der Waals surface area contributed by atoms with Gasteiger partial charge in [0.1, 0.15) is 10.7 Å². The number of ether oxygens (including phenoxy) is 1. The van der Waals surface area contributed by atoms with Gasteiger partial charge < -0.3 is 20.1 Å². The number of nitrogens with one attached hydrogen (secondary N) is 1. The van der Waals surface area contributed by atoms with E-state index in [0.717, 1.165) is 42.7 Å². The van der Waals surface area contributed by atoms with E-state index in [1.54, 1.807) is 11.9 Å². The van der Waals surface area contributed by atoms with E-state index in [2.05, 4.69) is 10.3 Å². The van der Waals surface area contributed by atoms with Crippen LogP contribution in [-0.2, 0) is 31.7 Å². The Hall–Kier alpha value is -3.48. The molecule has 0 aliphatic heterocycles. The van der Waals surface area contributed by atoms with Gasteiger partial charge in [0.15, 0.2) is 6.10 Å². The van der Waals surface area contributed by atoms with Crippen LogP contribution < -0.4 is 5.32 Å². The Morgan fingerprint density at radius 2 is 1.76 bits per heavy atom. The van der Waals surface area contributed by atoms with Crippen LogP contribution in [0.1, 0.15) is 98.9 Å². The second-order valence-electron chi connectivity index (χ2n) is 12.3. The molecule has 4 atom stereocenters. The summed E-state index contributed by atoms with van der Waals surface area (Å²) in [4.78, 5) is 56.1. The average Bonchev–Trinajstić information content (AvgIpc) is 3.42. The number of amides is 2. The van der Waals surface area contributed by atoms with E-state index in [9.17, 15) is 37.5 Å². The largest absolute Gasteiger partial charge is 0.481 e. The van der Waals surface area contributed by atoms with Gasteiger partial charge >= 0.3 is 18.1 Å². The zero-order valence-corrected chi connectivity index (χ0v) is 27.0. The summed E-state index contributed by atoms with van der Waals surface area (Å²) in [6.07, 6.45) is -1.17. The minimum absolute atomic E-state index is 0.0306. The van der Waals surface area contributed by atoms with Gasteiger partial charge in [-0.15, -0.1) is 11.3 Å². The monoisotopic (exact) mass is 653 g/mol. The summed E-state index contributed by atoms with van der Waals surface area (Å²) in [6, 6.07) is 3.52. The Labute approximate surface area is 265 Å². The predicted octanol–water partition coefficient (Wildman–Crippen LogP) is 6.28. The van der Waals surface area contributed by atoms with Crippen molar-refractivity contribution in [2.75, 3.05) is 7.05 Å². The molecular weight excluding hydrogens is 611 g/mol. The van der Waals surface area contributed by atoms with E-state index in [0.29, 0.717) is 22.9 Å². The molecule has 1 heterocycles. The van der Waals surface area contributed by atoms with Gasteiger partial charge in [0, 0.05) is 44.3 Å². The number of carboxylic acid groups (broad SMARTS) is 1. The van der Waals surface area contributed by atoms with Gasteiger partial charge in [-0.25, -0.2) is 4.98 Å². The molecule has 0 bridgehead atoms. The van der Waals surface area contributed by atoms with Gasteiger partial charge in [-0.2, -0.15) is 13.2 Å². The Balaban J connectivity index is 1.77. The average molecular weight is 654 g/mol. The number of alkyl halides is 3. The molecule has 0 saturated heterocycles. The lowest BCUT2D eigenvalue weighted by atomic mass is 9.82. The van der Waals surface area contributed by atoms with Crippen LogP contribution in [0.4, 0.5) is 13.2 Å². The summed E-state index contributed by atoms with van der Waals surface area (Å²) < 4.78 is 44.6. The summed E-state index contributed by atoms with van der Waals surface area (Å²) >= 11 is 1.13. The zero-order chi connectivity index (χ0) is 33.5. The predicted molar refractivity (Wildman–Crippen MR) is 162 cm³/mol. The minimum Gasteiger partial charge on any atom is -0.481 e. The molecule has 2 N–H and O–H groups in total. The van der Waals surface area contributed by atoms with Crippen molar-refractivity contribution < 1.29 is 42.2 Å². The smallest absolute Gasteiger partial charge is 0.416 e. The van der Waals surface area contributed by atoms with Crippen LogP contribution in [0.2, 0.25) is 0 Å².